The molecule has 0 spiro atoms. The minimum absolute atomic E-state index is 0.0348. The average molecular weight is 326 g/mol. The van der Waals surface area contributed by atoms with E-state index in [9.17, 15) is 5.11 Å². The van der Waals surface area contributed by atoms with Crippen LogP contribution in [0, 0.1) is 0 Å². The molecule has 0 fully saturated rings. The lowest BCUT2D eigenvalue weighted by Gasteiger charge is -2.24. The zero-order chi connectivity index (χ0) is 18.1. The van der Waals surface area contributed by atoms with Crippen LogP contribution < -0.4 is 4.90 Å². The van der Waals surface area contributed by atoms with Crippen LogP contribution in [0.2, 0.25) is 0 Å². The second-order valence-corrected chi connectivity index (χ2v) is 7.96. The van der Waals surface area contributed by atoms with Gasteiger partial charge >= 0.3 is 0 Å². The summed E-state index contributed by atoms with van der Waals surface area (Å²) in [5.74, 6) is 0.384. The summed E-state index contributed by atoms with van der Waals surface area (Å²) in [6.07, 6.45) is 0. The number of benzene rings is 2. The van der Waals surface area contributed by atoms with Crippen LogP contribution in [-0.2, 0) is 12.0 Å². The van der Waals surface area contributed by atoms with E-state index in [2.05, 4.69) is 67.0 Å². The molecule has 0 saturated carbocycles. The summed E-state index contributed by atoms with van der Waals surface area (Å²) in [6.45, 7) is 7.34. The molecule has 2 aromatic rings. The molecule has 130 valence electrons. The Morgan fingerprint density at radius 2 is 1.50 bits per heavy atom. The highest BCUT2D eigenvalue weighted by Gasteiger charge is 2.19. The molecule has 3 heteroatoms. The quantitative estimate of drug-likeness (QED) is 0.897. The van der Waals surface area contributed by atoms with E-state index >= 15 is 0 Å². The predicted molar refractivity (Wildman–Crippen MR) is 104 cm³/mol. The van der Waals surface area contributed by atoms with E-state index in [4.69, 9.17) is 0 Å². The van der Waals surface area contributed by atoms with E-state index in [-0.39, 0.29) is 5.41 Å². The van der Waals surface area contributed by atoms with Gasteiger partial charge < -0.3 is 14.9 Å². The van der Waals surface area contributed by atoms with Crippen LogP contribution in [-0.4, -0.2) is 38.2 Å². The second-order valence-electron chi connectivity index (χ2n) is 7.96. The maximum atomic E-state index is 10.8. The van der Waals surface area contributed by atoms with Gasteiger partial charge in [-0.05, 0) is 48.8 Å². The van der Waals surface area contributed by atoms with Crippen molar-refractivity contribution in [1.29, 1.82) is 0 Å². The summed E-state index contributed by atoms with van der Waals surface area (Å²) < 4.78 is 0. The number of hydrogen-bond donors (Lipinski definition) is 1. The van der Waals surface area contributed by atoms with Gasteiger partial charge in [0, 0.05) is 37.5 Å². The van der Waals surface area contributed by atoms with Crippen molar-refractivity contribution in [3.8, 4) is 16.9 Å². The third-order valence-electron chi connectivity index (χ3n) is 4.24. The maximum absolute atomic E-state index is 10.8. The molecule has 0 unspecified atom stereocenters. The zero-order valence-electron chi connectivity index (χ0n) is 16.0. The van der Waals surface area contributed by atoms with Crippen LogP contribution >= 0.6 is 0 Å². The molecule has 3 nitrogen and oxygen atoms in total. The number of phenolic OH excluding ortho intramolecular Hbond substituents is 1. The standard InChI is InChI=1S/C21H30N2O/c1-21(2,3)17-12-16(14-22(4)5)20(24)19(13-17)15-8-10-18(11-9-15)23(6)7/h8-13,24H,14H2,1-7H3. The highest BCUT2D eigenvalue weighted by atomic mass is 16.3. The molecule has 0 aliphatic heterocycles. The number of hydrogen-bond acceptors (Lipinski definition) is 3. The fourth-order valence-corrected chi connectivity index (χ4v) is 2.75. The van der Waals surface area contributed by atoms with Gasteiger partial charge in [-0.3, -0.25) is 0 Å². The number of phenols is 1. The molecular weight excluding hydrogens is 296 g/mol. The minimum atomic E-state index is 0.0348. The molecular formula is C21H30N2O. The molecule has 0 aliphatic carbocycles. The summed E-state index contributed by atoms with van der Waals surface area (Å²) in [4.78, 5) is 4.16. The summed E-state index contributed by atoms with van der Waals surface area (Å²) >= 11 is 0. The molecule has 0 radical (unpaired) electrons. The third-order valence-corrected chi connectivity index (χ3v) is 4.24. The van der Waals surface area contributed by atoms with Crippen LogP contribution in [0.1, 0.15) is 31.9 Å². The van der Waals surface area contributed by atoms with Crippen LogP contribution in [0.3, 0.4) is 0 Å². The molecule has 0 amide bonds. The lowest BCUT2D eigenvalue weighted by Crippen LogP contribution is -2.15. The van der Waals surface area contributed by atoms with Crippen molar-refractivity contribution in [2.75, 3.05) is 33.1 Å². The van der Waals surface area contributed by atoms with E-state index in [0.717, 1.165) is 28.9 Å². The Bertz CT molecular complexity index is 695. The smallest absolute Gasteiger partial charge is 0.127 e. The van der Waals surface area contributed by atoms with E-state index in [1.54, 1.807) is 0 Å². The van der Waals surface area contributed by atoms with Gasteiger partial charge in [-0.15, -0.1) is 0 Å². The number of anilines is 1. The number of nitrogens with zero attached hydrogens (tertiary/aromatic N) is 2. The monoisotopic (exact) mass is 326 g/mol. The van der Waals surface area contributed by atoms with Crippen molar-refractivity contribution < 1.29 is 5.11 Å². The Morgan fingerprint density at radius 1 is 0.917 bits per heavy atom. The first kappa shape index (κ1) is 18.3. The largest absolute Gasteiger partial charge is 0.507 e. The molecule has 0 aromatic heterocycles. The normalized spacial score (nSPS) is 11.8. The number of aromatic hydroxyl groups is 1. The molecule has 2 rings (SSSR count). The van der Waals surface area contributed by atoms with Crippen LogP contribution in [0.4, 0.5) is 5.69 Å². The van der Waals surface area contributed by atoms with Crippen molar-refractivity contribution in [3.63, 3.8) is 0 Å². The van der Waals surface area contributed by atoms with Crippen LogP contribution in [0.25, 0.3) is 11.1 Å². The fraction of sp³-hybridized carbons (Fsp3) is 0.429. The topological polar surface area (TPSA) is 26.7 Å². The first-order valence-corrected chi connectivity index (χ1v) is 8.38. The fourth-order valence-electron chi connectivity index (χ4n) is 2.75. The van der Waals surface area contributed by atoms with E-state index in [1.165, 1.54) is 5.56 Å². The maximum Gasteiger partial charge on any atom is 0.127 e. The van der Waals surface area contributed by atoms with Crippen molar-refractivity contribution in [2.45, 2.75) is 32.7 Å². The highest BCUT2D eigenvalue weighted by Crippen LogP contribution is 2.38. The lowest BCUT2D eigenvalue weighted by atomic mass is 9.83. The Morgan fingerprint density at radius 3 is 1.96 bits per heavy atom. The number of rotatable bonds is 4. The third kappa shape index (κ3) is 4.09. The van der Waals surface area contributed by atoms with Crippen molar-refractivity contribution >= 4 is 5.69 Å². The van der Waals surface area contributed by atoms with Crippen molar-refractivity contribution in [3.05, 3.63) is 47.5 Å². The molecule has 0 aliphatic rings. The first-order chi connectivity index (χ1) is 11.1. The summed E-state index contributed by atoms with van der Waals surface area (Å²) in [6, 6.07) is 12.6. The molecule has 0 atom stereocenters. The Balaban J connectivity index is 2.58. The van der Waals surface area contributed by atoms with Gasteiger partial charge in [0.2, 0.25) is 0 Å². The van der Waals surface area contributed by atoms with Gasteiger partial charge in [0.15, 0.2) is 0 Å². The SMILES string of the molecule is CN(C)Cc1cc(C(C)(C)C)cc(-c2ccc(N(C)C)cc2)c1O. The first-order valence-electron chi connectivity index (χ1n) is 8.38. The van der Waals surface area contributed by atoms with Crippen LogP contribution in [0.15, 0.2) is 36.4 Å². The summed E-state index contributed by atoms with van der Waals surface area (Å²) in [5, 5.41) is 10.8. The highest BCUT2D eigenvalue weighted by molar-refractivity contribution is 5.74. The van der Waals surface area contributed by atoms with Crippen molar-refractivity contribution in [2.24, 2.45) is 0 Å². The Hall–Kier alpha value is -2.00. The minimum Gasteiger partial charge on any atom is -0.507 e. The van der Waals surface area contributed by atoms with Gasteiger partial charge in [-0.2, -0.15) is 0 Å². The van der Waals surface area contributed by atoms with Gasteiger partial charge in [-0.25, -0.2) is 0 Å². The molecule has 2 aromatic carbocycles. The van der Waals surface area contributed by atoms with Gasteiger partial charge in [0.25, 0.3) is 0 Å². The van der Waals surface area contributed by atoms with Gasteiger partial charge in [0.1, 0.15) is 5.75 Å². The van der Waals surface area contributed by atoms with E-state index < -0.39 is 0 Å². The molecule has 24 heavy (non-hydrogen) atoms. The lowest BCUT2D eigenvalue weighted by molar-refractivity contribution is 0.385. The van der Waals surface area contributed by atoms with Gasteiger partial charge in [0.05, 0.1) is 0 Å². The summed E-state index contributed by atoms with van der Waals surface area (Å²) in [5.41, 5.74) is 5.35. The summed E-state index contributed by atoms with van der Waals surface area (Å²) in [7, 11) is 8.10. The molecule has 0 heterocycles. The Labute approximate surface area is 146 Å². The van der Waals surface area contributed by atoms with E-state index in [0.29, 0.717) is 5.75 Å². The van der Waals surface area contributed by atoms with E-state index in [1.807, 2.05) is 28.2 Å². The molecule has 0 bridgehead atoms. The predicted octanol–water partition coefficient (Wildman–Crippen LogP) is 4.48. The van der Waals surface area contributed by atoms with Crippen LogP contribution in [0.5, 0.6) is 5.75 Å². The Kier molecular flexibility index (Phi) is 5.24. The molecule has 1 N–H and O–H groups in total. The average Bonchev–Trinajstić information content (AvgIpc) is 2.48. The zero-order valence-corrected chi connectivity index (χ0v) is 16.0. The second kappa shape index (κ2) is 6.86. The molecule has 0 saturated heterocycles. The van der Waals surface area contributed by atoms with Gasteiger partial charge in [-0.1, -0.05) is 39.0 Å². The van der Waals surface area contributed by atoms with Crippen molar-refractivity contribution in [1.82, 2.24) is 4.90 Å².